The summed E-state index contributed by atoms with van der Waals surface area (Å²) in [6.07, 6.45) is -2.59. The number of benzene rings is 2. The molecule has 0 heterocycles. The van der Waals surface area contributed by atoms with Crippen LogP contribution in [0.4, 0.5) is 13.2 Å². The Balaban J connectivity index is 2.12. The van der Waals surface area contributed by atoms with E-state index in [4.69, 9.17) is 4.74 Å². The molecule has 2 aromatic carbocycles. The molecule has 5 heteroatoms. The number of nitrogens with zero attached hydrogens (tertiary/aromatic N) is 1. The molecule has 0 atom stereocenters. The second kappa shape index (κ2) is 7.51. The third-order valence-corrected chi connectivity index (χ3v) is 3.39. The molecule has 23 heavy (non-hydrogen) atoms. The first-order valence-corrected chi connectivity index (χ1v) is 7.44. The first-order chi connectivity index (χ1) is 10.9. The van der Waals surface area contributed by atoms with Crippen LogP contribution in [0.2, 0.25) is 0 Å². The average molecular weight is 323 g/mol. The maximum atomic E-state index is 13.0. The minimum atomic E-state index is -4.43. The van der Waals surface area contributed by atoms with E-state index in [9.17, 15) is 13.2 Å². The molecule has 0 aliphatic rings. The standard InChI is InChI=1S/C18H20F3NO/c1-22(2)12-6-8-14-7-5-9-15(13-14)23-17-11-4-3-10-16(17)18(19,20)21/h3-5,7,9-11,13H,6,8,12H2,1-2H3. The normalized spacial score (nSPS) is 11.7. The van der Waals surface area contributed by atoms with Crippen LogP contribution in [0.3, 0.4) is 0 Å². The van der Waals surface area contributed by atoms with Crippen LogP contribution in [-0.4, -0.2) is 25.5 Å². The van der Waals surface area contributed by atoms with Crippen LogP contribution < -0.4 is 4.74 Å². The second-order valence-corrected chi connectivity index (χ2v) is 5.65. The number of hydrogen-bond acceptors (Lipinski definition) is 2. The van der Waals surface area contributed by atoms with E-state index in [2.05, 4.69) is 4.90 Å². The van der Waals surface area contributed by atoms with Crippen molar-refractivity contribution in [2.45, 2.75) is 19.0 Å². The van der Waals surface area contributed by atoms with Gasteiger partial charge in [0.25, 0.3) is 0 Å². The van der Waals surface area contributed by atoms with E-state index in [1.165, 1.54) is 18.2 Å². The molecule has 0 unspecified atom stereocenters. The zero-order valence-corrected chi connectivity index (χ0v) is 13.2. The maximum Gasteiger partial charge on any atom is 0.419 e. The van der Waals surface area contributed by atoms with Gasteiger partial charge in [-0.1, -0.05) is 24.3 Å². The molecule has 0 spiro atoms. The van der Waals surface area contributed by atoms with Crippen LogP contribution in [0.25, 0.3) is 0 Å². The van der Waals surface area contributed by atoms with Crippen LogP contribution >= 0.6 is 0 Å². The van der Waals surface area contributed by atoms with Gasteiger partial charge in [-0.2, -0.15) is 13.2 Å². The first-order valence-electron chi connectivity index (χ1n) is 7.44. The minimum Gasteiger partial charge on any atom is -0.457 e. The van der Waals surface area contributed by atoms with Crippen molar-refractivity contribution in [1.29, 1.82) is 0 Å². The van der Waals surface area contributed by atoms with Gasteiger partial charge in [0.05, 0.1) is 5.56 Å². The zero-order valence-electron chi connectivity index (χ0n) is 13.2. The number of alkyl halides is 3. The number of para-hydroxylation sites is 1. The Bertz CT molecular complexity index is 638. The highest BCUT2D eigenvalue weighted by molar-refractivity contribution is 5.40. The SMILES string of the molecule is CN(C)CCCc1cccc(Oc2ccccc2C(F)(F)F)c1. The fourth-order valence-corrected chi connectivity index (χ4v) is 2.28. The molecule has 0 aliphatic heterocycles. The molecule has 0 amide bonds. The Morgan fingerprint density at radius 2 is 1.74 bits per heavy atom. The summed E-state index contributed by atoms with van der Waals surface area (Å²) in [5.74, 6) is 0.245. The molecule has 0 fully saturated rings. The van der Waals surface area contributed by atoms with Gasteiger partial charge in [-0.3, -0.25) is 0 Å². The topological polar surface area (TPSA) is 12.5 Å². The van der Waals surface area contributed by atoms with E-state index >= 15 is 0 Å². The summed E-state index contributed by atoms with van der Waals surface area (Å²) in [5, 5.41) is 0. The Hall–Kier alpha value is -2.01. The lowest BCUT2D eigenvalue weighted by atomic mass is 10.1. The third kappa shape index (κ3) is 5.28. The van der Waals surface area contributed by atoms with E-state index < -0.39 is 11.7 Å². The highest BCUT2D eigenvalue weighted by atomic mass is 19.4. The number of halogens is 3. The Kier molecular flexibility index (Phi) is 5.66. The van der Waals surface area contributed by atoms with Gasteiger partial charge in [-0.15, -0.1) is 0 Å². The van der Waals surface area contributed by atoms with Crippen molar-refractivity contribution in [3.63, 3.8) is 0 Å². The van der Waals surface area contributed by atoms with Crippen molar-refractivity contribution < 1.29 is 17.9 Å². The Labute approximate surface area is 134 Å². The molecule has 2 nitrogen and oxygen atoms in total. The number of ether oxygens (including phenoxy) is 1. The molecule has 0 aliphatic carbocycles. The quantitative estimate of drug-likeness (QED) is 0.742. The van der Waals surface area contributed by atoms with Crippen molar-refractivity contribution in [2.24, 2.45) is 0 Å². The highest BCUT2D eigenvalue weighted by Crippen LogP contribution is 2.37. The van der Waals surface area contributed by atoms with Crippen LogP contribution in [0.1, 0.15) is 17.5 Å². The molecule has 2 aromatic rings. The van der Waals surface area contributed by atoms with Gasteiger partial charge in [0.15, 0.2) is 0 Å². The Morgan fingerprint density at radius 1 is 1.00 bits per heavy atom. The summed E-state index contributed by atoms with van der Waals surface area (Å²) in [5.41, 5.74) is 0.284. The van der Waals surface area contributed by atoms with Crippen LogP contribution in [0.15, 0.2) is 48.5 Å². The third-order valence-electron chi connectivity index (χ3n) is 3.39. The van der Waals surface area contributed by atoms with Gasteiger partial charge in [0, 0.05) is 0 Å². The van der Waals surface area contributed by atoms with E-state index in [-0.39, 0.29) is 5.75 Å². The molecule has 0 N–H and O–H groups in total. The van der Waals surface area contributed by atoms with Gasteiger partial charge in [-0.05, 0) is 63.3 Å². The highest BCUT2D eigenvalue weighted by Gasteiger charge is 2.34. The molecule has 124 valence electrons. The van der Waals surface area contributed by atoms with Gasteiger partial charge in [-0.25, -0.2) is 0 Å². The predicted octanol–water partition coefficient (Wildman–Crippen LogP) is 4.99. The largest absolute Gasteiger partial charge is 0.457 e. The molecular formula is C18H20F3NO. The molecule has 0 saturated carbocycles. The summed E-state index contributed by atoms with van der Waals surface area (Å²) < 4.78 is 44.4. The minimum absolute atomic E-state index is 0.176. The number of aryl methyl sites for hydroxylation is 1. The smallest absolute Gasteiger partial charge is 0.419 e. The second-order valence-electron chi connectivity index (χ2n) is 5.65. The van der Waals surface area contributed by atoms with Crippen LogP contribution in [-0.2, 0) is 12.6 Å². The number of rotatable bonds is 6. The van der Waals surface area contributed by atoms with Crippen molar-refractivity contribution in [2.75, 3.05) is 20.6 Å². The molecule has 0 radical (unpaired) electrons. The van der Waals surface area contributed by atoms with Gasteiger partial charge < -0.3 is 9.64 Å². The summed E-state index contributed by atoms with van der Waals surface area (Å²) in [6.45, 7) is 0.960. The predicted molar refractivity (Wildman–Crippen MR) is 84.8 cm³/mol. The molecular weight excluding hydrogens is 303 g/mol. The van der Waals surface area contributed by atoms with Crippen molar-refractivity contribution >= 4 is 0 Å². The Morgan fingerprint density at radius 3 is 2.43 bits per heavy atom. The first kappa shape index (κ1) is 17.3. The summed E-state index contributed by atoms with van der Waals surface area (Å²) in [4.78, 5) is 2.10. The van der Waals surface area contributed by atoms with E-state index in [0.717, 1.165) is 31.0 Å². The van der Waals surface area contributed by atoms with Gasteiger partial charge >= 0.3 is 6.18 Å². The lowest BCUT2D eigenvalue weighted by molar-refractivity contribution is -0.138. The van der Waals surface area contributed by atoms with Gasteiger partial charge in [0.2, 0.25) is 0 Å². The fraction of sp³-hybridized carbons (Fsp3) is 0.333. The van der Waals surface area contributed by atoms with Gasteiger partial charge in [0.1, 0.15) is 11.5 Å². The van der Waals surface area contributed by atoms with Crippen molar-refractivity contribution in [1.82, 2.24) is 4.90 Å². The summed E-state index contributed by atoms with van der Waals surface area (Å²) >= 11 is 0. The lowest BCUT2D eigenvalue weighted by Crippen LogP contribution is -2.13. The average Bonchev–Trinajstić information content (AvgIpc) is 2.47. The summed E-state index contributed by atoms with van der Waals surface area (Å²) in [7, 11) is 4.02. The zero-order chi connectivity index (χ0) is 16.9. The van der Waals surface area contributed by atoms with Crippen molar-refractivity contribution in [3.8, 4) is 11.5 Å². The molecule has 0 aromatic heterocycles. The summed E-state index contributed by atoms with van der Waals surface area (Å²) in [6, 6.07) is 12.5. The molecule has 0 bridgehead atoms. The monoisotopic (exact) mass is 323 g/mol. The lowest BCUT2D eigenvalue weighted by Gasteiger charge is -2.14. The molecule has 2 rings (SSSR count). The van der Waals surface area contributed by atoms with Crippen LogP contribution in [0, 0.1) is 0 Å². The number of hydrogen-bond donors (Lipinski definition) is 0. The van der Waals surface area contributed by atoms with E-state index in [1.54, 1.807) is 18.2 Å². The van der Waals surface area contributed by atoms with E-state index in [0.29, 0.717) is 5.75 Å². The maximum absolute atomic E-state index is 13.0. The van der Waals surface area contributed by atoms with Crippen molar-refractivity contribution in [3.05, 3.63) is 59.7 Å². The fourth-order valence-electron chi connectivity index (χ4n) is 2.28. The van der Waals surface area contributed by atoms with E-state index in [1.807, 2.05) is 20.2 Å². The van der Waals surface area contributed by atoms with Crippen LogP contribution in [0.5, 0.6) is 11.5 Å². The molecule has 0 saturated heterocycles.